The van der Waals surface area contributed by atoms with Gasteiger partial charge in [0.2, 0.25) is 0 Å². The fourth-order valence-electron chi connectivity index (χ4n) is 2.19. The van der Waals surface area contributed by atoms with Crippen molar-refractivity contribution in [3.63, 3.8) is 0 Å². The number of benzene rings is 1. The number of rotatable bonds is 5. The molecule has 0 saturated carbocycles. The van der Waals surface area contributed by atoms with E-state index in [4.69, 9.17) is 0 Å². The smallest absolute Gasteiger partial charge is 0.187 e. The SMILES string of the molecule is CCc1ncnc(N(C)Cc2cccc(N(C)C)c2)c1F. The largest absolute Gasteiger partial charge is 0.378 e. The normalized spacial score (nSPS) is 10.5. The molecule has 0 N–H and O–H groups in total. The highest BCUT2D eigenvalue weighted by atomic mass is 19.1. The van der Waals surface area contributed by atoms with Crippen LogP contribution in [0.4, 0.5) is 15.9 Å². The fraction of sp³-hybridized carbons (Fsp3) is 0.375. The van der Waals surface area contributed by atoms with Crippen molar-refractivity contribution in [2.45, 2.75) is 19.9 Å². The van der Waals surface area contributed by atoms with E-state index in [2.05, 4.69) is 16.0 Å². The molecule has 1 heterocycles. The third-order valence-corrected chi connectivity index (χ3v) is 3.39. The summed E-state index contributed by atoms with van der Waals surface area (Å²) < 4.78 is 14.3. The van der Waals surface area contributed by atoms with E-state index in [0.29, 0.717) is 24.5 Å². The summed E-state index contributed by atoms with van der Waals surface area (Å²) in [6.45, 7) is 2.48. The molecule has 0 aliphatic rings. The summed E-state index contributed by atoms with van der Waals surface area (Å²) in [7, 11) is 5.84. The summed E-state index contributed by atoms with van der Waals surface area (Å²) >= 11 is 0. The maximum Gasteiger partial charge on any atom is 0.187 e. The number of aryl methyl sites for hydroxylation is 1. The van der Waals surface area contributed by atoms with Gasteiger partial charge in [0.15, 0.2) is 11.6 Å². The van der Waals surface area contributed by atoms with Gasteiger partial charge in [0.05, 0.1) is 5.69 Å². The third-order valence-electron chi connectivity index (χ3n) is 3.39. The Labute approximate surface area is 125 Å². The standard InChI is InChI=1S/C16H21FN4/c1-5-14-15(17)16(19-11-18-14)21(4)10-12-7-6-8-13(9-12)20(2)3/h6-9,11H,5,10H2,1-4H3. The zero-order valence-corrected chi connectivity index (χ0v) is 13.0. The molecular formula is C16H21FN4. The van der Waals surface area contributed by atoms with E-state index in [1.54, 1.807) is 0 Å². The van der Waals surface area contributed by atoms with Crippen molar-refractivity contribution in [1.82, 2.24) is 9.97 Å². The van der Waals surface area contributed by atoms with E-state index in [1.807, 2.05) is 56.1 Å². The minimum Gasteiger partial charge on any atom is -0.378 e. The molecule has 1 aromatic carbocycles. The predicted octanol–water partition coefficient (Wildman–Crippen LogP) is 2.88. The Morgan fingerprint density at radius 2 is 1.90 bits per heavy atom. The highest BCUT2D eigenvalue weighted by Crippen LogP contribution is 2.20. The molecule has 21 heavy (non-hydrogen) atoms. The highest BCUT2D eigenvalue weighted by molar-refractivity contribution is 5.48. The molecule has 0 atom stereocenters. The molecule has 0 unspecified atom stereocenters. The van der Waals surface area contributed by atoms with E-state index in [9.17, 15) is 4.39 Å². The Morgan fingerprint density at radius 1 is 1.14 bits per heavy atom. The molecule has 5 heteroatoms. The molecule has 0 saturated heterocycles. The van der Waals surface area contributed by atoms with Crippen molar-refractivity contribution in [3.8, 4) is 0 Å². The van der Waals surface area contributed by atoms with Gasteiger partial charge in [-0.25, -0.2) is 14.4 Å². The van der Waals surface area contributed by atoms with Gasteiger partial charge in [-0.15, -0.1) is 0 Å². The first-order chi connectivity index (χ1) is 10.0. The summed E-state index contributed by atoms with van der Waals surface area (Å²) in [5.41, 5.74) is 2.69. The second kappa shape index (κ2) is 6.52. The van der Waals surface area contributed by atoms with Gasteiger partial charge in [-0.3, -0.25) is 0 Å². The zero-order chi connectivity index (χ0) is 15.4. The van der Waals surface area contributed by atoms with Crippen molar-refractivity contribution in [3.05, 3.63) is 47.7 Å². The van der Waals surface area contributed by atoms with E-state index < -0.39 is 0 Å². The van der Waals surface area contributed by atoms with Gasteiger partial charge < -0.3 is 9.80 Å². The average molecular weight is 288 g/mol. The summed E-state index contributed by atoms with van der Waals surface area (Å²) in [5.74, 6) is 0.0170. The van der Waals surface area contributed by atoms with Crippen LogP contribution < -0.4 is 9.80 Å². The first-order valence-corrected chi connectivity index (χ1v) is 6.99. The number of nitrogens with zero attached hydrogens (tertiary/aromatic N) is 4. The quantitative estimate of drug-likeness (QED) is 0.847. The Kier molecular flexibility index (Phi) is 4.73. The number of halogens is 1. The van der Waals surface area contributed by atoms with Crippen LogP contribution >= 0.6 is 0 Å². The summed E-state index contributed by atoms with van der Waals surface area (Å²) in [6, 6.07) is 8.18. The first-order valence-electron chi connectivity index (χ1n) is 6.99. The lowest BCUT2D eigenvalue weighted by molar-refractivity contribution is 0.588. The summed E-state index contributed by atoms with van der Waals surface area (Å²) in [6.07, 6.45) is 1.98. The van der Waals surface area contributed by atoms with Crippen molar-refractivity contribution < 1.29 is 4.39 Å². The molecule has 4 nitrogen and oxygen atoms in total. The average Bonchev–Trinajstić information content (AvgIpc) is 2.47. The van der Waals surface area contributed by atoms with Crippen molar-refractivity contribution in [2.24, 2.45) is 0 Å². The molecule has 1 aromatic heterocycles. The minimum absolute atomic E-state index is 0.328. The second-order valence-corrected chi connectivity index (χ2v) is 5.23. The number of anilines is 2. The van der Waals surface area contributed by atoms with Gasteiger partial charge in [-0.1, -0.05) is 19.1 Å². The second-order valence-electron chi connectivity index (χ2n) is 5.23. The van der Waals surface area contributed by atoms with Crippen molar-refractivity contribution >= 4 is 11.5 Å². The van der Waals surface area contributed by atoms with Gasteiger partial charge in [0, 0.05) is 33.4 Å². The first kappa shape index (κ1) is 15.2. The zero-order valence-electron chi connectivity index (χ0n) is 13.0. The lowest BCUT2D eigenvalue weighted by Crippen LogP contribution is -2.20. The molecule has 2 rings (SSSR count). The predicted molar refractivity (Wildman–Crippen MR) is 84.2 cm³/mol. The highest BCUT2D eigenvalue weighted by Gasteiger charge is 2.14. The lowest BCUT2D eigenvalue weighted by atomic mass is 10.2. The Balaban J connectivity index is 2.22. The van der Waals surface area contributed by atoms with Gasteiger partial charge in [0.25, 0.3) is 0 Å². The fourth-order valence-corrected chi connectivity index (χ4v) is 2.19. The van der Waals surface area contributed by atoms with Crippen LogP contribution in [-0.4, -0.2) is 31.1 Å². The third kappa shape index (κ3) is 3.48. The topological polar surface area (TPSA) is 32.3 Å². The van der Waals surface area contributed by atoms with Gasteiger partial charge in [-0.05, 0) is 24.1 Å². The Morgan fingerprint density at radius 3 is 2.57 bits per heavy atom. The monoisotopic (exact) mass is 288 g/mol. The van der Waals surface area contributed by atoms with Gasteiger partial charge in [-0.2, -0.15) is 0 Å². The van der Waals surface area contributed by atoms with E-state index in [0.717, 1.165) is 11.3 Å². The lowest BCUT2D eigenvalue weighted by Gasteiger charge is -2.20. The molecule has 0 radical (unpaired) electrons. The van der Waals surface area contributed by atoms with Crippen LogP contribution in [0.15, 0.2) is 30.6 Å². The molecule has 0 fully saturated rings. The van der Waals surface area contributed by atoms with E-state index >= 15 is 0 Å². The van der Waals surface area contributed by atoms with Crippen molar-refractivity contribution in [2.75, 3.05) is 30.9 Å². The van der Waals surface area contributed by atoms with Gasteiger partial charge in [0.1, 0.15) is 6.33 Å². The summed E-state index contributed by atoms with van der Waals surface area (Å²) in [4.78, 5) is 11.9. The maximum atomic E-state index is 14.3. The maximum absolute atomic E-state index is 14.3. The van der Waals surface area contributed by atoms with Crippen LogP contribution in [0.1, 0.15) is 18.2 Å². The van der Waals surface area contributed by atoms with Crippen LogP contribution in [0.3, 0.4) is 0 Å². The molecule has 0 aliphatic carbocycles. The van der Waals surface area contributed by atoms with E-state index in [1.165, 1.54) is 6.33 Å². The van der Waals surface area contributed by atoms with Crippen molar-refractivity contribution in [1.29, 1.82) is 0 Å². The Bertz CT molecular complexity index is 613. The molecule has 0 aliphatic heterocycles. The van der Waals surface area contributed by atoms with Crippen LogP contribution in [0, 0.1) is 5.82 Å². The number of hydrogen-bond acceptors (Lipinski definition) is 4. The van der Waals surface area contributed by atoms with Gasteiger partial charge >= 0.3 is 0 Å². The van der Waals surface area contributed by atoms with E-state index in [-0.39, 0.29) is 5.82 Å². The van der Waals surface area contributed by atoms with Crippen LogP contribution in [0.25, 0.3) is 0 Å². The number of aromatic nitrogens is 2. The number of hydrogen-bond donors (Lipinski definition) is 0. The molecule has 112 valence electrons. The van der Waals surface area contributed by atoms with Crippen LogP contribution in [0.5, 0.6) is 0 Å². The molecule has 0 spiro atoms. The van der Waals surface area contributed by atoms with Crippen LogP contribution in [0.2, 0.25) is 0 Å². The van der Waals surface area contributed by atoms with Crippen LogP contribution in [-0.2, 0) is 13.0 Å². The minimum atomic E-state index is -0.328. The molecule has 2 aromatic rings. The molecule has 0 bridgehead atoms. The molecular weight excluding hydrogens is 267 g/mol. The molecule has 0 amide bonds. The Hall–Kier alpha value is -2.17. The summed E-state index contributed by atoms with van der Waals surface area (Å²) in [5, 5.41) is 0.